The molecular weight excluding hydrogens is 433 g/mol. The van der Waals surface area contributed by atoms with E-state index in [-0.39, 0.29) is 24.1 Å². The minimum atomic E-state index is -1.06. The van der Waals surface area contributed by atoms with Crippen molar-refractivity contribution < 1.29 is 18.0 Å². The quantitative estimate of drug-likeness (QED) is 0.488. The number of rotatable bonds is 5. The average molecular weight is 454 g/mol. The summed E-state index contributed by atoms with van der Waals surface area (Å²) in [6, 6.07) is 9.02. The van der Waals surface area contributed by atoms with E-state index in [1.165, 1.54) is 27.4 Å². The minimum Gasteiger partial charge on any atom is -0.326 e. The minimum absolute atomic E-state index is 0.0301. The summed E-state index contributed by atoms with van der Waals surface area (Å²) < 4.78 is 43.2. The van der Waals surface area contributed by atoms with Crippen molar-refractivity contribution in [1.29, 1.82) is 0 Å². The molecule has 4 aromatic rings. The third-order valence-electron chi connectivity index (χ3n) is 5.60. The number of nitrogens with one attached hydrogen (secondary N) is 1. The SMILES string of the molecule is Cc1nn(-c2cccc(F)c2)c2c1c(C)c(CCC(=O)Nc1ccc(F)c(F)c1)c(=O)n2C. The zero-order chi connectivity index (χ0) is 23.9. The highest BCUT2D eigenvalue weighted by atomic mass is 19.2. The van der Waals surface area contributed by atoms with Crippen LogP contribution < -0.4 is 10.9 Å². The van der Waals surface area contributed by atoms with E-state index in [0.29, 0.717) is 28.2 Å². The van der Waals surface area contributed by atoms with Crippen LogP contribution >= 0.6 is 0 Å². The maximum absolute atomic E-state index is 13.8. The fourth-order valence-electron chi connectivity index (χ4n) is 3.99. The Labute approximate surface area is 187 Å². The number of benzene rings is 2. The number of aromatic nitrogens is 3. The number of pyridine rings is 1. The van der Waals surface area contributed by atoms with Gasteiger partial charge >= 0.3 is 0 Å². The Kier molecular flexibility index (Phi) is 5.80. The van der Waals surface area contributed by atoms with Gasteiger partial charge in [-0.1, -0.05) is 6.07 Å². The molecule has 0 fully saturated rings. The molecule has 2 aromatic heterocycles. The number of halogens is 3. The number of carbonyl (C=O) groups is 1. The summed E-state index contributed by atoms with van der Waals surface area (Å²) in [6.45, 7) is 3.59. The summed E-state index contributed by atoms with van der Waals surface area (Å²) in [5.74, 6) is -2.92. The highest BCUT2D eigenvalue weighted by Crippen LogP contribution is 2.26. The third-order valence-corrected chi connectivity index (χ3v) is 5.60. The molecule has 0 saturated heterocycles. The zero-order valence-electron chi connectivity index (χ0n) is 18.2. The first kappa shape index (κ1) is 22.3. The van der Waals surface area contributed by atoms with Gasteiger partial charge in [-0.3, -0.25) is 14.2 Å². The average Bonchev–Trinajstić information content (AvgIpc) is 3.12. The molecule has 0 radical (unpaired) electrons. The number of carbonyl (C=O) groups excluding carboxylic acids is 1. The first-order chi connectivity index (χ1) is 15.7. The maximum Gasteiger partial charge on any atom is 0.255 e. The topological polar surface area (TPSA) is 68.9 Å². The fourth-order valence-corrected chi connectivity index (χ4v) is 3.99. The van der Waals surface area contributed by atoms with E-state index in [0.717, 1.165) is 17.5 Å². The number of hydrogen-bond acceptors (Lipinski definition) is 3. The molecule has 2 aromatic carbocycles. The summed E-state index contributed by atoms with van der Waals surface area (Å²) in [4.78, 5) is 25.5. The van der Waals surface area contributed by atoms with Crippen LogP contribution in [0, 0.1) is 31.3 Å². The van der Waals surface area contributed by atoms with Crippen LogP contribution in [0.4, 0.5) is 18.9 Å². The molecule has 0 bridgehead atoms. The molecule has 0 spiro atoms. The zero-order valence-corrected chi connectivity index (χ0v) is 18.2. The van der Waals surface area contributed by atoms with Crippen LogP contribution in [-0.2, 0) is 18.3 Å². The second-order valence-electron chi connectivity index (χ2n) is 7.82. The number of fused-ring (bicyclic) bond motifs is 1. The van der Waals surface area contributed by atoms with E-state index >= 15 is 0 Å². The standard InChI is InChI=1S/C24H21F3N4O2/c1-13-18(8-10-21(32)28-16-7-9-19(26)20(27)12-16)24(33)30(3)23-22(13)14(2)29-31(23)17-6-4-5-15(25)11-17/h4-7,9,11-12H,8,10H2,1-3H3,(H,28,32). The molecular formula is C24H21F3N4O2. The van der Waals surface area contributed by atoms with E-state index < -0.39 is 23.4 Å². The highest BCUT2D eigenvalue weighted by molar-refractivity contribution is 5.91. The molecule has 0 atom stereocenters. The van der Waals surface area contributed by atoms with Crippen molar-refractivity contribution in [2.75, 3.05) is 5.32 Å². The van der Waals surface area contributed by atoms with E-state index in [1.54, 1.807) is 33.0 Å². The van der Waals surface area contributed by atoms with Gasteiger partial charge in [0.1, 0.15) is 11.5 Å². The Hall–Kier alpha value is -3.88. The summed E-state index contributed by atoms with van der Waals surface area (Å²) in [6.07, 6.45) is 0.117. The second kappa shape index (κ2) is 8.57. The number of anilines is 1. The van der Waals surface area contributed by atoms with Crippen LogP contribution in [0.2, 0.25) is 0 Å². The van der Waals surface area contributed by atoms with Gasteiger partial charge in [0.25, 0.3) is 5.56 Å². The van der Waals surface area contributed by atoms with Crippen molar-refractivity contribution in [1.82, 2.24) is 14.3 Å². The highest BCUT2D eigenvalue weighted by Gasteiger charge is 2.20. The Morgan fingerprint density at radius 3 is 2.52 bits per heavy atom. The van der Waals surface area contributed by atoms with E-state index in [9.17, 15) is 22.8 Å². The summed E-state index contributed by atoms with van der Waals surface area (Å²) in [7, 11) is 1.60. The first-order valence-corrected chi connectivity index (χ1v) is 10.3. The van der Waals surface area contributed by atoms with Gasteiger partial charge in [0, 0.05) is 36.2 Å². The van der Waals surface area contributed by atoms with Gasteiger partial charge in [-0.25, -0.2) is 17.9 Å². The van der Waals surface area contributed by atoms with Gasteiger partial charge < -0.3 is 5.32 Å². The fraction of sp³-hybridized carbons (Fsp3) is 0.208. The lowest BCUT2D eigenvalue weighted by atomic mass is 10.0. The van der Waals surface area contributed by atoms with Crippen LogP contribution in [0.5, 0.6) is 0 Å². The third kappa shape index (κ3) is 4.13. The number of hydrogen-bond donors (Lipinski definition) is 1. The van der Waals surface area contributed by atoms with Crippen molar-refractivity contribution in [3.63, 3.8) is 0 Å². The largest absolute Gasteiger partial charge is 0.326 e. The molecule has 6 nitrogen and oxygen atoms in total. The van der Waals surface area contributed by atoms with Gasteiger partial charge in [0.2, 0.25) is 5.91 Å². The lowest BCUT2D eigenvalue weighted by Crippen LogP contribution is -2.25. The molecule has 0 aliphatic rings. The molecule has 2 heterocycles. The van der Waals surface area contributed by atoms with Crippen molar-refractivity contribution >= 4 is 22.6 Å². The van der Waals surface area contributed by atoms with Crippen molar-refractivity contribution in [3.8, 4) is 5.69 Å². The van der Waals surface area contributed by atoms with Crippen LogP contribution in [-0.4, -0.2) is 20.3 Å². The second-order valence-corrected chi connectivity index (χ2v) is 7.82. The van der Waals surface area contributed by atoms with E-state index in [2.05, 4.69) is 10.4 Å². The summed E-state index contributed by atoms with van der Waals surface area (Å²) in [5, 5.41) is 7.77. The summed E-state index contributed by atoms with van der Waals surface area (Å²) >= 11 is 0. The molecule has 33 heavy (non-hydrogen) atoms. The lowest BCUT2D eigenvalue weighted by Gasteiger charge is -2.13. The van der Waals surface area contributed by atoms with Crippen LogP contribution in [0.15, 0.2) is 47.3 Å². The molecule has 170 valence electrons. The predicted octanol–water partition coefficient (Wildman–Crippen LogP) is 4.33. The molecule has 0 aliphatic carbocycles. The van der Waals surface area contributed by atoms with Crippen molar-refractivity contribution in [2.24, 2.45) is 7.05 Å². The molecule has 1 amide bonds. The number of aryl methyl sites for hydroxylation is 3. The van der Waals surface area contributed by atoms with Gasteiger partial charge in [-0.2, -0.15) is 5.10 Å². The van der Waals surface area contributed by atoms with Crippen LogP contribution in [0.1, 0.15) is 23.2 Å². The van der Waals surface area contributed by atoms with Gasteiger partial charge in [0.15, 0.2) is 11.6 Å². The molecule has 0 unspecified atom stereocenters. The molecule has 0 aliphatic heterocycles. The molecule has 1 N–H and O–H groups in total. The predicted molar refractivity (Wildman–Crippen MR) is 119 cm³/mol. The Morgan fingerprint density at radius 1 is 1.06 bits per heavy atom. The maximum atomic E-state index is 13.8. The normalized spacial score (nSPS) is 11.2. The summed E-state index contributed by atoms with van der Waals surface area (Å²) in [5.41, 5.74) is 2.65. The van der Waals surface area contributed by atoms with Crippen molar-refractivity contribution in [2.45, 2.75) is 26.7 Å². The Bertz CT molecular complexity index is 1460. The van der Waals surface area contributed by atoms with Crippen LogP contribution in [0.3, 0.4) is 0 Å². The molecule has 4 rings (SSSR count). The lowest BCUT2D eigenvalue weighted by molar-refractivity contribution is -0.116. The van der Waals surface area contributed by atoms with Crippen LogP contribution in [0.25, 0.3) is 16.7 Å². The first-order valence-electron chi connectivity index (χ1n) is 10.3. The monoisotopic (exact) mass is 454 g/mol. The number of nitrogens with zero attached hydrogens (tertiary/aromatic N) is 3. The van der Waals surface area contributed by atoms with E-state index in [4.69, 9.17) is 0 Å². The van der Waals surface area contributed by atoms with Gasteiger partial charge in [-0.15, -0.1) is 0 Å². The van der Waals surface area contributed by atoms with Crippen molar-refractivity contribution in [3.05, 3.63) is 87.1 Å². The molecule has 0 saturated carbocycles. The smallest absolute Gasteiger partial charge is 0.255 e. The van der Waals surface area contributed by atoms with Gasteiger partial charge in [0.05, 0.1) is 11.4 Å². The number of amides is 1. The molecule has 9 heteroatoms. The Balaban J connectivity index is 1.66. The van der Waals surface area contributed by atoms with E-state index in [1.807, 2.05) is 0 Å². The Morgan fingerprint density at radius 2 is 1.82 bits per heavy atom. The van der Waals surface area contributed by atoms with Gasteiger partial charge in [-0.05, 0) is 56.2 Å².